The highest BCUT2D eigenvalue weighted by molar-refractivity contribution is 7.91. The highest BCUT2D eigenvalue weighted by atomic mass is 32.2. The van der Waals surface area contributed by atoms with Crippen molar-refractivity contribution in [2.75, 3.05) is 11.5 Å². The summed E-state index contributed by atoms with van der Waals surface area (Å²) in [6, 6.07) is 0. The average molecular weight is 248 g/mol. The molecule has 2 unspecified atom stereocenters. The number of carboxylic acids is 1. The van der Waals surface area contributed by atoms with Gasteiger partial charge in [-0.25, -0.2) is 8.42 Å². The summed E-state index contributed by atoms with van der Waals surface area (Å²) < 4.78 is 22.9. The quantitative estimate of drug-likeness (QED) is 0.819. The summed E-state index contributed by atoms with van der Waals surface area (Å²) in [6.07, 6.45) is 2.01. The highest BCUT2D eigenvalue weighted by Crippen LogP contribution is 2.28. The van der Waals surface area contributed by atoms with Gasteiger partial charge in [-0.1, -0.05) is 13.8 Å². The van der Waals surface area contributed by atoms with Gasteiger partial charge in [0.1, 0.15) is 0 Å². The molecule has 0 radical (unpaired) electrons. The van der Waals surface area contributed by atoms with E-state index in [1.54, 1.807) is 0 Å². The Morgan fingerprint density at radius 1 is 1.44 bits per heavy atom. The Morgan fingerprint density at radius 3 is 2.50 bits per heavy atom. The molecule has 5 heteroatoms. The summed E-state index contributed by atoms with van der Waals surface area (Å²) >= 11 is 0. The predicted octanol–water partition coefficient (Wildman–Crippen LogP) is 1.56. The SMILES string of the molecule is CC(C)C(CC1CCCS(=O)(=O)C1)C(=O)O. The van der Waals surface area contributed by atoms with Crippen molar-refractivity contribution in [3.05, 3.63) is 0 Å². The molecule has 0 saturated carbocycles. The molecule has 1 saturated heterocycles. The van der Waals surface area contributed by atoms with Gasteiger partial charge in [0.05, 0.1) is 17.4 Å². The molecule has 1 rings (SSSR count). The lowest BCUT2D eigenvalue weighted by atomic mass is 9.85. The predicted molar refractivity (Wildman–Crippen MR) is 62.0 cm³/mol. The lowest BCUT2D eigenvalue weighted by Crippen LogP contribution is -2.30. The summed E-state index contributed by atoms with van der Waals surface area (Å²) in [7, 11) is -2.92. The Bertz CT molecular complexity index is 345. The third kappa shape index (κ3) is 3.77. The lowest BCUT2D eigenvalue weighted by Gasteiger charge is -2.26. The molecule has 1 aliphatic heterocycles. The molecule has 2 atom stereocenters. The molecule has 94 valence electrons. The van der Waals surface area contributed by atoms with E-state index in [1.165, 1.54) is 0 Å². The Kier molecular flexibility index (Phi) is 4.35. The van der Waals surface area contributed by atoms with E-state index in [-0.39, 0.29) is 23.3 Å². The summed E-state index contributed by atoms with van der Waals surface area (Å²) in [5.41, 5.74) is 0. The Labute approximate surface area is 97.0 Å². The van der Waals surface area contributed by atoms with Crippen LogP contribution in [-0.4, -0.2) is 31.0 Å². The van der Waals surface area contributed by atoms with Crippen molar-refractivity contribution in [1.29, 1.82) is 0 Å². The van der Waals surface area contributed by atoms with Gasteiger partial charge in [-0.3, -0.25) is 4.79 Å². The lowest BCUT2D eigenvalue weighted by molar-refractivity contribution is -0.143. The van der Waals surface area contributed by atoms with Crippen molar-refractivity contribution in [1.82, 2.24) is 0 Å². The zero-order chi connectivity index (χ0) is 12.3. The smallest absolute Gasteiger partial charge is 0.306 e. The van der Waals surface area contributed by atoms with Crippen LogP contribution in [0.15, 0.2) is 0 Å². The number of sulfone groups is 1. The van der Waals surface area contributed by atoms with Crippen LogP contribution < -0.4 is 0 Å². The maximum atomic E-state index is 11.4. The number of rotatable bonds is 4. The first-order valence-electron chi connectivity index (χ1n) is 5.75. The zero-order valence-electron chi connectivity index (χ0n) is 9.85. The molecular formula is C11H20O4S. The number of carboxylic acid groups (broad SMARTS) is 1. The second-order valence-electron chi connectivity index (χ2n) is 5.05. The van der Waals surface area contributed by atoms with Crippen LogP contribution in [0.25, 0.3) is 0 Å². The van der Waals surface area contributed by atoms with E-state index < -0.39 is 21.7 Å². The topological polar surface area (TPSA) is 71.4 Å². The zero-order valence-corrected chi connectivity index (χ0v) is 10.7. The second-order valence-corrected chi connectivity index (χ2v) is 7.28. The molecular weight excluding hydrogens is 228 g/mol. The summed E-state index contributed by atoms with van der Waals surface area (Å²) in [5, 5.41) is 9.05. The van der Waals surface area contributed by atoms with Gasteiger partial charge in [0.25, 0.3) is 0 Å². The molecule has 0 amide bonds. The van der Waals surface area contributed by atoms with Gasteiger partial charge >= 0.3 is 5.97 Å². The van der Waals surface area contributed by atoms with Gasteiger partial charge in [-0.15, -0.1) is 0 Å². The fraction of sp³-hybridized carbons (Fsp3) is 0.909. The van der Waals surface area contributed by atoms with Crippen LogP contribution in [-0.2, 0) is 14.6 Å². The normalized spacial score (nSPS) is 26.6. The summed E-state index contributed by atoms with van der Waals surface area (Å²) in [4.78, 5) is 11.0. The van der Waals surface area contributed by atoms with E-state index in [0.29, 0.717) is 12.8 Å². The van der Waals surface area contributed by atoms with Crippen LogP contribution in [0.3, 0.4) is 0 Å². The average Bonchev–Trinajstić information content (AvgIpc) is 2.11. The largest absolute Gasteiger partial charge is 0.481 e. The van der Waals surface area contributed by atoms with E-state index >= 15 is 0 Å². The molecule has 0 aromatic carbocycles. The standard InChI is InChI=1S/C11H20O4S/c1-8(2)10(11(12)13)6-9-4-3-5-16(14,15)7-9/h8-10H,3-7H2,1-2H3,(H,12,13). The molecule has 1 fully saturated rings. The molecule has 4 nitrogen and oxygen atoms in total. The summed E-state index contributed by atoms with van der Waals surface area (Å²) in [6.45, 7) is 3.74. The Balaban J connectivity index is 2.62. The van der Waals surface area contributed by atoms with Gasteiger partial charge in [0, 0.05) is 0 Å². The molecule has 0 spiro atoms. The minimum Gasteiger partial charge on any atom is -0.481 e. The first-order chi connectivity index (χ1) is 7.32. The fourth-order valence-corrected chi connectivity index (χ4v) is 4.11. The first-order valence-corrected chi connectivity index (χ1v) is 7.57. The van der Waals surface area contributed by atoms with E-state index in [9.17, 15) is 13.2 Å². The van der Waals surface area contributed by atoms with Gasteiger partial charge in [0.2, 0.25) is 0 Å². The van der Waals surface area contributed by atoms with Crippen LogP contribution in [0, 0.1) is 17.8 Å². The second kappa shape index (κ2) is 5.17. The van der Waals surface area contributed by atoms with Crippen molar-refractivity contribution < 1.29 is 18.3 Å². The van der Waals surface area contributed by atoms with Gasteiger partial charge in [-0.05, 0) is 31.1 Å². The minimum atomic E-state index is -2.92. The van der Waals surface area contributed by atoms with Crippen LogP contribution in [0.2, 0.25) is 0 Å². The van der Waals surface area contributed by atoms with Gasteiger partial charge in [0.15, 0.2) is 9.84 Å². The van der Waals surface area contributed by atoms with Gasteiger partial charge in [-0.2, -0.15) is 0 Å². The van der Waals surface area contributed by atoms with E-state index in [2.05, 4.69) is 0 Å². The molecule has 1 aliphatic rings. The van der Waals surface area contributed by atoms with E-state index in [0.717, 1.165) is 6.42 Å². The van der Waals surface area contributed by atoms with Crippen LogP contribution in [0.1, 0.15) is 33.1 Å². The van der Waals surface area contributed by atoms with Crippen molar-refractivity contribution in [2.24, 2.45) is 17.8 Å². The maximum Gasteiger partial charge on any atom is 0.306 e. The molecule has 1 heterocycles. The van der Waals surface area contributed by atoms with Crippen molar-refractivity contribution in [3.63, 3.8) is 0 Å². The van der Waals surface area contributed by atoms with Crippen molar-refractivity contribution >= 4 is 15.8 Å². The Morgan fingerprint density at radius 2 is 2.06 bits per heavy atom. The fourth-order valence-electron chi connectivity index (χ4n) is 2.32. The number of aliphatic carboxylic acids is 1. The molecule has 0 aliphatic carbocycles. The highest BCUT2D eigenvalue weighted by Gasteiger charge is 2.30. The molecule has 16 heavy (non-hydrogen) atoms. The van der Waals surface area contributed by atoms with Crippen LogP contribution in [0.5, 0.6) is 0 Å². The van der Waals surface area contributed by atoms with E-state index in [1.807, 2.05) is 13.8 Å². The molecule has 0 aromatic rings. The summed E-state index contributed by atoms with van der Waals surface area (Å²) in [5.74, 6) is -0.701. The first kappa shape index (κ1) is 13.5. The third-order valence-electron chi connectivity index (χ3n) is 3.27. The van der Waals surface area contributed by atoms with E-state index in [4.69, 9.17) is 5.11 Å². The van der Waals surface area contributed by atoms with Crippen molar-refractivity contribution in [3.8, 4) is 0 Å². The monoisotopic (exact) mass is 248 g/mol. The number of hydrogen-bond donors (Lipinski definition) is 1. The number of hydrogen-bond acceptors (Lipinski definition) is 3. The number of carbonyl (C=O) groups is 1. The minimum absolute atomic E-state index is 0.0299. The van der Waals surface area contributed by atoms with Crippen molar-refractivity contribution in [2.45, 2.75) is 33.1 Å². The molecule has 0 aromatic heterocycles. The van der Waals surface area contributed by atoms with Gasteiger partial charge < -0.3 is 5.11 Å². The Hall–Kier alpha value is -0.580. The molecule has 1 N–H and O–H groups in total. The van der Waals surface area contributed by atoms with Crippen LogP contribution >= 0.6 is 0 Å². The van der Waals surface area contributed by atoms with Crippen LogP contribution in [0.4, 0.5) is 0 Å². The third-order valence-corrected chi connectivity index (χ3v) is 5.16. The maximum absolute atomic E-state index is 11.4. The molecule has 0 bridgehead atoms.